The minimum absolute atomic E-state index is 0.00445. The Balaban J connectivity index is 2.35. The van der Waals surface area contributed by atoms with E-state index >= 15 is 0 Å². The molecule has 0 aliphatic carbocycles. The summed E-state index contributed by atoms with van der Waals surface area (Å²) in [6.45, 7) is 3.88. The number of phenols is 1. The maximum atomic E-state index is 12.9. The van der Waals surface area contributed by atoms with Crippen molar-refractivity contribution >= 4 is 17.3 Å². The van der Waals surface area contributed by atoms with E-state index in [4.69, 9.17) is 4.42 Å². The molecule has 0 amide bonds. The van der Waals surface area contributed by atoms with E-state index in [0.29, 0.717) is 33.4 Å². The van der Waals surface area contributed by atoms with Gasteiger partial charge in [-0.3, -0.25) is 9.59 Å². The molecule has 2 aromatic carbocycles. The highest BCUT2D eigenvalue weighted by Crippen LogP contribution is 2.30. The molecule has 0 aliphatic heterocycles. The summed E-state index contributed by atoms with van der Waals surface area (Å²) >= 11 is 0. The van der Waals surface area contributed by atoms with Gasteiger partial charge >= 0.3 is 0 Å². The quantitative estimate of drug-likeness (QED) is 0.740. The molecule has 3 aromatic rings. The lowest BCUT2D eigenvalue weighted by Crippen LogP contribution is -2.10. The van der Waals surface area contributed by atoms with Crippen LogP contribution < -0.4 is 5.43 Å². The number of aldehydes is 1. The normalized spacial score (nSPS) is 11.1. The van der Waals surface area contributed by atoms with Crippen LogP contribution in [0.5, 0.6) is 5.75 Å². The molecule has 3 rings (SSSR count). The predicted octanol–water partition coefficient (Wildman–Crippen LogP) is 4.10. The highest BCUT2D eigenvalue weighted by molar-refractivity contribution is 5.84. The molecule has 1 heterocycles. The number of hydrogen-bond acceptors (Lipinski definition) is 4. The van der Waals surface area contributed by atoms with Gasteiger partial charge in [0.25, 0.3) is 0 Å². The van der Waals surface area contributed by atoms with Crippen LogP contribution in [-0.4, -0.2) is 11.4 Å². The lowest BCUT2D eigenvalue weighted by Gasteiger charge is -2.13. The van der Waals surface area contributed by atoms with Crippen LogP contribution in [0.15, 0.2) is 51.7 Å². The van der Waals surface area contributed by atoms with Crippen LogP contribution >= 0.6 is 0 Å². The summed E-state index contributed by atoms with van der Waals surface area (Å²) in [6, 6.07) is 11.3. The standard InChI is InChI=1S/C19H16O4/c1-11(2)19-17(13-5-3-12(10-20)4-6-13)18(22)15-8-7-14(21)9-16(15)23-19/h3-11,21H,1-2H3. The molecule has 0 atom stereocenters. The number of carbonyl (C=O) groups excluding carboxylic acids is 1. The molecule has 4 nitrogen and oxygen atoms in total. The molecule has 0 aliphatic rings. The van der Waals surface area contributed by atoms with Gasteiger partial charge in [0, 0.05) is 17.5 Å². The predicted molar refractivity (Wildman–Crippen MR) is 89.1 cm³/mol. The van der Waals surface area contributed by atoms with E-state index < -0.39 is 0 Å². The van der Waals surface area contributed by atoms with E-state index in [1.165, 1.54) is 12.1 Å². The molecule has 0 bridgehead atoms. The van der Waals surface area contributed by atoms with E-state index in [1.54, 1.807) is 30.3 Å². The Kier molecular flexibility index (Phi) is 3.74. The van der Waals surface area contributed by atoms with Crippen molar-refractivity contribution in [3.8, 4) is 16.9 Å². The molecule has 0 radical (unpaired) electrons. The second-order valence-corrected chi connectivity index (χ2v) is 5.75. The second kappa shape index (κ2) is 5.72. The highest BCUT2D eigenvalue weighted by atomic mass is 16.3. The first-order valence-electron chi connectivity index (χ1n) is 7.36. The first-order chi connectivity index (χ1) is 11.0. The number of aromatic hydroxyl groups is 1. The first kappa shape index (κ1) is 15.0. The van der Waals surface area contributed by atoms with Crippen molar-refractivity contribution in [3.05, 3.63) is 64.0 Å². The molecule has 1 N–H and O–H groups in total. The largest absolute Gasteiger partial charge is 0.508 e. The zero-order valence-electron chi connectivity index (χ0n) is 12.9. The Morgan fingerprint density at radius 1 is 1.09 bits per heavy atom. The average molecular weight is 308 g/mol. The number of benzene rings is 2. The fourth-order valence-electron chi connectivity index (χ4n) is 2.61. The molecule has 0 spiro atoms. The summed E-state index contributed by atoms with van der Waals surface area (Å²) in [4.78, 5) is 23.7. The van der Waals surface area contributed by atoms with Crippen LogP contribution in [0, 0.1) is 0 Å². The van der Waals surface area contributed by atoms with Gasteiger partial charge in [0.15, 0.2) is 0 Å². The number of carbonyl (C=O) groups is 1. The molecule has 0 saturated carbocycles. The third-order valence-electron chi connectivity index (χ3n) is 3.76. The Morgan fingerprint density at radius 3 is 2.39 bits per heavy atom. The Hall–Kier alpha value is -2.88. The average Bonchev–Trinajstić information content (AvgIpc) is 2.54. The molecular formula is C19H16O4. The Morgan fingerprint density at radius 2 is 1.78 bits per heavy atom. The van der Waals surface area contributed by atoms with Gasteiger partial charge in [0.05, 0.1) is 10.9 Å². The van der Waals surface area contributed by atoms with Crippen molar-refractivity contribution in [2.24, 2.45) is 0 Å². The molecule has 0 unspecified atom stereocenters. The summed E-state index contributed by atoms with van der Waals surface area (Å²) in [7, 11) is 0. The van der Waals surface area contributed by atoms with Gasteiger partial charge in [0.1, 0.15) is 23.4 Å². The van der Waals surface area contributed by atoms with Gasteiger partial charge in [-0.15, -0.1) is 0 Å². The van der Waals surface area contributed by atoms with E-state index in [-0.39, 0.29) is 17.1 Å². The molecular weight excluding hydrogens is 292 g/mol. The van der Waals surface area contributed by atoms with Crippen molar-refractivity contribution in [3.63, 3.8) is 0 Å². The third-order valence-corrected chi connectivity index (χ3v) is 3.76. The SMILES string of the molecule is CC(C)c1oc2cc(O)ccc2c(=O)c1-c1ccc(C=O)cc1. The van der Waals surface area contributed by atoms with Crippen LogP contribution in [0.4, 0.5) is 0 Å². The highest BCUT2D eigenvalue weighted by Gasteiger charge is 2.18. The van der Waals surface area contributed by atoms with Crippen molar-refractivity contribution in [2.75, 3.05) is 0 Å². The second-order valence-electron chi connectivity index (χ2n) is 5.75. The Labute approximate surface area is 133 Å². The van der Waals surface area contributed by atoms with Crippen LogP contribution in [-0.2, 0) is 0 Å². The minimum Gasteiger partial charge on any atom is -0.508 e. The summed E-state index contributed by atoms with van der Waals surface area (Å²) in [6.07, 6.45) is 0.763. The first-order valence-corrected chi connectivity index (χ1v) is 7.36. The number of hydrogen-bond donors (Lipinski definition) is 1. The van der Waals surface area contributed by atoms with E-state index in [9.17, 15) is 14.7 Å². The molecule has 1 aromatic heterocycles. The maximum Gasteiger partial charge on any atom is 0.200 e. The van der Waals surface area contributed by atoms with Crippen molar-refractivity contribution < 1.29 is 14.3 Å². The molecule has 23 heavy (non-hydrogen) atoms. The fourth-order valence-corrected chi connectivity index (χ4v) is 2.61. The van der Waals surface area contributed by atoms with Crippen LogP contribution in [0.1, 0.15) is 35.9 Å². The fraction of sp³-hybridized carbons (Fsp3) is 0.158. The number of phenolic OH excluding ortho intramolecular Hbond substituents is 1. The van der Waals surface area contributed by atoms with Gasteiger partial charge in [0.2, 0.25) is 5.43 Å². The van der Waals surface area contributed by atoms with E-state index in [0.717, 1.165) is 6.29 Å². The minimum atomic E-state index is -0.145. The van der Waals surface area contributed by atoms with Crippen molar-refractivity contribution in [2.45, 2.75) is 19.8 Å². The zero-order valence-corrected chi connectivity index (χ0v) is 12.9. The van der Waals surface area contributed by atoms with E-state index in [2.05, 4.69) is 0 Å². The number of rotatable bonds is 3. The summed E-state index contributed by atoms with van der Waals surface area (Å²) in [5, 5.41) is 10.0. The molecule has 4 heteroatoms. The monoisotopic (exact) mass is 308 g/mol. The Bertz CT molecular complexity index is 934. The molecule has 0 fully saturated rings. The molecule has 0 saturated heterocycles. The van der Waals surface area contributed by atoms with Gasteiger partial charge in [-0.05, 0) is 17.7 Å². The van der Waals surface area contributed by atoms with Crippen LogP contribution in [0.25, 0.3) is 22.1 Å². The smallest absolute Gasteiger partial charge is 0.200 e. The van der Waals surface area contributed by atoms with Crippen LogP contribution in [0.2, 0.25) is 0 Å². The lowest BCUT2D eigenvalue weighted by atomic mass is 9.96. The number of fused-ring (bicyclic) bond motifs is 1. The van der Waals surface area contributed by atoms with Gasteiger partial charge in [-0.25, -0.2) is 0 Å². The summed E-state index contributed by atoms with van der Waals surface area (Å²) in [5.74, 6) is 0.612. The van der Waals surface area contributed by atoms with Gasteiger partial charge < -0.3 is 9.52 Å². The third kappa shape index (κ3) is 2.63. The van der Waals surface area contributed by atoms with Gasteiger partial charge in [-0.1, -0.05) is 38.1 Å². The maximum absolute atomic E-state index is 12.9. The van der Waals surface area contributed by atoms with E-state index in [1.807, 2.05) is 13.8 Å². The van der Waals surface area contributed by atoms with Crippen molar-refractivity contribution in [1.29, 1.82) is 0 Å². The van der Waals surface area contributed by atoms with Crippen molar-refractivity contribution in [1.82, 2.24) is 0 Å². The zero-order chi connectivity index (χ0) is 16.6. The topological polar surface area (TPSA) is 67.5 Å². The summed E-state index contributed by atoms with van der Waals surface area (Å²) < 4.78 is 5.90. The molecule has 116 valence electrons. The summed E-state index contributed by atoms with van der Waals surface area (Å²) in [5.41, 5.74) is 1.98. The van der Waals surface area contributed by atoms with Gasteiger partial charge in [-0.2, -0.15) is 0 Å². The van der Waals surface area contributed by atoms with Crippen LogP contribution in [0.3, 0.4) is 0 Å². The lowest BCUT2D eigenvalue weighted by molar-refractivity contribution is 0.112.